The molecule has 1 fully saturated rings. The van der Waals surface area contributed by atoms with Gasteiger partial charge >= 0.3 is 5.97 Å². The summed E-state index contributed by atoms with van der Waals surface area (Å²) in [5.74, 6) is -2.60. The van der Waals surface area contributed by atoms with Gasteiger partial charge in [-0.15, -0.1) is 0 Å². The number of carbonyl (C=O) groups is 3. The van der Waals surface area contributed by atoms with E-state index in [2.05, 4.69) is 4.98 Å². The molecular formula is C27H23N3O7. The maximum atomic E-state index is 13.1. The van der Waals surface area contributed by atoms with Crippen LogP contribution >= 0.6 is 0 Å². The highest BCUT2D eigenvalue weighted by Crippen LogP contribution is 2.40. The fourth-order valence-electron chi connectivity index (χ4n) is 4.04. The molecule has 1 unspecified atom stereocenters. The molecule has 1 aliphatic rings. The van der Waals surface area contributed by atoms with Crippen LogP contribution in [-0.4, -0.2) is 44.2 Å². The Bertz CT molecular complexity index is 1370. The third kappa shape index (κ3) is 5.22. The van der Waals surface area contributed by atoms with Crippen molar-refractivity contribution in [3.8, 4) is 0 Å². The molecule has 1 amide bonds. The van der Waals surface area contributed by atoms with E-state index in [-0.39, 0.29) is 23.4 Å². The Morgan fingerprint density at radius 3 is 2.35 bits per heavy atom. The van der Waals surface area contributed by atoms with Crippen LogP contribution in [0.5, 0.6) is 0 Å². The normalized spacial score (nSPS) is 16.6. The number of Topliss-reactive ketones (excluding diaryl/α,β-unsaturated/α-hetero) is 1. The Kier molecular flexibility index (Phi) is 7.38. The predicted octanol–water partition coefficient (Wildman–Crippen LogP) is 4.18. The number of nitro benzene ring substituents is 1. The number of aliphatic hydroxyl groups excluding tert-OH is 1. The Hall–Kier alpha value is -4.86. The number of rotatable bonds is 8. The molecule has 3 aromatic rings. The average molecular weight is 501 g/mol. The van der Waals surface area contributed by atoms with E-state index in [0.717, 1.165) is 0 Å². The zero-order chi connectivity index (χ0) is 26.5. The number of aliphatic hydroxyl groups is 1. The van der Waals surface area contributed by atoms with E-state index in [9.17, 15) is 29.6 Å². The minimum atomic E-state index is -0.946. The smallest absolute Gasteiger partial charge is 0.338 e. The van der Waals surface area contributed by atoms with E-state index < -0.39 is 34.4 Å². The summed E-state index contributed by atoms with van der Waals surface area (Å²) in [7, 11) is 0. The van der Waals surface area contributed by atoms with Gasteiger partial charge in [-0.05, 0) is 47.9 Å². The van der Waals surface area contributed by atoms with E-state index in [1.807, 2.05) is 6.92 Å². The molecule has 10 nitrogen and oxygen atoms in total. The van der Waals surface area contributed by atoms with Gasteiger partial charge in [0.25, 0.3) is 17.4 Å². The fraction of sp³-hybridized carbons (Fsp3) is 0.185. The van der Waals surface area contributed by atoms with Gasteiger partial charge in [0.2, 0.25) is 0 Å². The molecule has 37 heavy (non-hydrogen) atoms. The molecular weight excluding hydrogens is 478 g/mol. The highest BCUT2D eigenvalue weighted by molar-refractivity contribution is 6.46. The molecule has 0 saturated carbocycles. The summed E-state index contributed by atoms with van der Waals surface area (Å²) in [4.78, 5) is 54.2. The molecule has 2 heterocycles. The Morgan fingerprint density at radius 1 is 1.08 bits per heavy atom. The molecule has 0 aliphatic carbocycles. The predicted molar refractivity (Wildman–Crippen MR) is 132 cm³/mol. The zero-order valence-electron chi connectivity index (χ0n) is 19.9. The maximum Gasteiger partial charge on any atom is 0.338 e. The number of amides is 1. The number of hydrogen-bond donors (Lipinski definition) is 1. The summed E-state index contributed by atoms with van der Waals surface area (Å²) in [5, 5.41) is 22.0. The van der Waals surface area contributed by atoms with Crippen molar-refractivity contribution in [2.45, 2.75) is 25.9 Å². The van der Waals surface area contributed by atoms with Crippen LogP contribution in [0.2, 0.25) is 0 Å². The van der Waals surface area contributed by atoms with Crippen LogP contribution in [0.3, 0.4) is 0 Å². The first-order valence-corrected chi connectivity index (χ1v) is 11.5. The van der Waals surface area contributed by atoms with Gasteiger partial charge in [0.05, 0.1) is 28.7 Å². The molecule has 188 valence electrons. The van der Waals surface area contributed by atoms with E-state index in [0.29, 0.717) is 29.7 Å². The summed E-state index contributed by atoms with van der Waals surface area (Å²) in [6, 6.07) is 13.9. The van der Waals surface area contributed by atoms with Crippen LogP contribution in [0.15, 0.2) is 78.6 Å². The van der Waals surface area contributed by atoms with Gasteiger partial charge in [0.15, 0.2) is 0 Å². The summed E-state index contributed by atoms with van der Waals surface area (Å²) in [6.45, 7) is 2.22. The van der Waals surface area contributed by atoms with E-state index in [1.165, 1.54) is 35.4 Å². The minimum absolute atomic E-state index is 0.0193. The highest BCUT2D eigenvalue weighted by atomic mass is 16.6. The number of likely N-dealkylation sites (tertiary alicyclic amines) is 1. The molecule has 2 aromatic carbocycles. The monoisotopic (exact) mass is 501 g/mol. The molecule has 1 atom stereocenters. The summed E-state index contributed by atoms with van der Waals surface area (Å²) >= 11 is 0. The molecule has 0 radical (unpaired) electrons. The quantitative estimate of drug-likeness (QED) is 0.121. The van der Waals surface area contributed by atoms with Gasteiger partial charge in [0, 0.05) is 36.6 Å². The lowest BCUT2D eigenvalue weighted by molar-refractivity contribution is -0.384. The number of non-ortho nitro benzene ring substituents is 1. The van der Waals surface area contributed by atoms with Gasteiger partial charge in [-0.3, -0.25) is 24.7 Å². The van der Waals surface area contributed by atoms with Crippen molar-refractivity contribution >= 4 is 29.1 Å². The van der Waals surface area contributed by atoms with Crippen molar-refractivity contribution < 1.29 is 29.2 Å². The number of pyridine rings is 1. The molecule has 1 aliphatic heterocycles. The van der Waals surface area contributed by atoms with Gasteiger partial charge < -0.3 is 14.7 Å². The van der Waals surface area contributed by atoms with Crippen LogP contribution < -0.4 is 0 Å². The first kappa shape index (κ1) is 25.2. The van der Waals surface area contributed by atoms with Crippen LogP contribution in [-0.2, 0) is 20.9 Å². The number of hydrogen-bond acceptors (Lipinski definition) is 8. The lowest BCUT2D eigenvalue weighted by atomic mass is 9.96. The van der Waals surface area contributed by atoms with Gasteiger partial charge in [0.1, 0.15) is 5.76 Å². The number of nitrogens with zero attached hydrogens (tertiary/aromatic N) is 3. The number of ether oxygens (including phenoxy) is 1. The number of benzene rings is 2. The number of nitro groups is 1. The standard InChI is InChI=1S/C27H23N3O7/c1-2-14-37-27(34)19-7-5-17(6-8-19)16-29-23(20-4-3-13-28-15-20)22(25(32)26(29)33)24(31)18-9-11-21(12-10-18)30(35)36/h3-13,15,23,31H,2,14,16H2,1H3/b24-22-. The third-order valence-electron chi connectivity index (χ3n) is 5.87. The summed E-state index contributed by atoms with van der Waals surface area (Å²) in [6.07, 6.45) is 3.75. The molecule has 1 N–H and O–H groups in total. The zero-order valence-corrected chi connectivity index (χ0v) is 19.9. The molecule has 10 heteroatoms. The topological polar surface area (TPSA) is 140 Å². The third-order valence-corrected chi connectivity index (χ3v) is 5.87. The van der Waals surface area contributed by atoms with Crippen LogP contribution in [0.25, 0.3) is 5.76 Å². The SMILES string of the molecule is CCCOC(=O)c1ccc(CN2C(=O)C(=O)/C(=C(\O)c3ccc([N+](=O)[O-])cc3)C2c2cccnc2)cc1. The maximum absolute atomic E-state index is 13.1. The molecule has 4 rings (SSSR count). The lowest BCUT2D eigenvalue weighted by Crippen LogP contribution is -2.29. The number of ketones is 1. The van der Waals surface area contributed by atoms with Crippen LogP contribution in [0.1, 0.15) is 46.4 Å². The van der Waals surface area contributed by atoms with E-state index in [1.54, 1.807) is 42.6 Å². The minimum Gasteiger partial charge on any atom is -0.507 e. The fourth-order valence-corrected chi connectivity index (χ4v) is 4.04. The lowest BCUT2D eigenvalue weighted by Gasteiger charge is -2.25. The van der Waals surface area contributed by atoms with Gasteiger partial charge in [-0.2, -0.15) is 0 Å². The molecule has 0 spiro atoms. The van der Waals surface area contributed by atoms with Gasteiger partial charge in [-0.25, -0.2) is 4.79 Å². The van der Waals surface area contributed by atoms with Crippen molar-refractivity contribution in [3.05, 3.63) is 111 Å². The molecule has 0 bridgehead atoms. The van der Waals surface area contributed by atoms with Crippen molar-refractivity contribution in [3.63, 3.8) is 0 Å². The summed E-state index contributed by atoms with van der Waals surface area (Å²) in [5.41, 5.74) is 1.35. The van der Waals surface area contributed by atoms with Crippen molar-refractivity contribution in [1.29, 1.82) is 0 Å². The first-order chi connectivity index (χ1) is 17.8. The number of aromatic nitrogens is 1. The first-order valence-electron chi connectivity index (χ1n) is 11.5. The van der Waals surface area contributed by atoms with Crippen LogP contribution in [0, 0.1) is 10.1 Å². The Balaban J connectivity index is 1.71. The Labute approximate surface area is 212 Å². The van der Waals surface area contributed by atoms with E-state index >= 15 is 0 Å². The Morgan fingerprint density at radius 2 is 1.76 bits per heavy atom. The number of carbonyl (C=O) groups excluding carboxylic acids is 3. The number of esters is 1. The van der Waals surface area contributed by atoms with Gasteiger partial charge in [-0.1, -0.05) is 25.1 Å². The largest absolute Gasteiger partial charge is 0.507 e. The second-order valence-electron chi connectivity index (χ2n) is 8.35. The summed E-state index contributed by atoms with van der Waals surface area (Å²) < 4.78 is 5.13. The van der Waals surface area contributed by atoms with E-state index in [4.69, 9.17) is 4.74 Å². The second-order valence-corrected chi connectivity index (χ2v) is 8.35. The van der Waals surface area contributed by atoms with Crippen molar-refractivity contribution in [1.82, 2.24) is 9.88 Å². The second kappa shape index (κ2) is 10.8. The molecule has 1 aromatic heterocycles. The van der Waals surface area contributed by atoms with Crippen LogP contribution in [0.4, 0.5) is 5.69 Å². The van der Waals surface area contributed by atoms with Crippen molar-refractivity contribution in [2.75, 3.05) is 6.61 Å². The molecule has 1 saturated heterocycles. The highest BCUT2D eigenvalue weighted by Gasteiger charge is 2.46. The van der Waals surface area contributed by atoms with Crippen molar-refractivity contribution in [2.24, 2.45) is 0 Å². The average Bonchev–Trinajstić information content (AvgIpc) is 3.17.